The molecule has 0 aliphatic heterocycles. The van der Waals surface area contributed by atoms with Gasteiger partial charge in [0.25, 0.3) is 0 Å². The maximum absolute atomic E-state index is 2.60. The van der Waals surface area contributed by atoms with E-state index in [1.165, 1.54) is 35.5 Å². The van der Waals surface area contributed by atoms with Crippen LogP contribution in [0.15, 0.2) is 0 Å². The van der Waals surface area contributed by atoms with E-state index in [0.29, 0.717) is 0 Å². The average Bonchev–Trinajstić information content (AvgIpc) is 2.14. The fourth-order valence-electron chi connectivity index (χ4n) is 7.34. The van der Waals surface area contributed by atoms with Crippen LogP contribution in [0, 0.1) is 46.3 Å². The van der Waals surface area contributed by atoms with Crippen molar-refractivity contribution in [2.24, 2.45) is 46.3 Å². The molecule has 0 heterocycles. The second-order valence-electron chi connectivity index (χ2n) is 6.57. The van der Waals surface area contributed by atoms with Gasteiger partial charge in [0, 0.05) is 0 Å². The Hall–Kier alpha value is 0. The van der Waals surface area contributed by atoms with E-state index < -0.39 is 0 Å². The van der Waals surface area contributed by atoms with Crippen LogP contribution in [0.5, 0.6) is 0 Å². The monoisotopic (exact) mass is 160 g/mol. The van der Waals surface area contributed by atoms with Crippen LogP contribution in [0.25, 0.3) is 0 Å². The number of fused-ring (bicyclic) bond motifs is 1. The first-order valence-electron chi connectivity index (χ1n) is 5.72. The van der Waals surface area contributed by atoms with Crippen molar-refractivity contribution in [3.63, 3.8) is 0 Å². The van der Waals surface area contributed by atoms with Crippen molar-refractivity contribution in [1.82, 2.24) is 0 Å². The highest BCUT2D eigenvalue weighted by Crippen LogP contribution is 3.02. The minimum Gasteiger partial charge on any atom is -0.0585 e. The van der Waals surface area contributed by atoms with Crippen molar-refractivity contribution >= 4 is 0 Å². The predicted octanol–water partition coefficient (Wildman–Crippen LogP) is 2.54. The first kappa shape index (κ1) is 5.67. The summed E-state index contributed by atoms with van der Waals surface area (Å²) in [5, 5.41) is 0. The van der Waals surface area contributed by atoms with Crippen molar-refractivity contribution in [3.05, 3.63) is 0 Å². The standard InChI is InChI=1S/C12H16/c1-11-7-5-3-4-6-9(7)12(11,2)10(6)8(5)11/h5-10H,3-4H2,1-2H3/t5?,6?,7-,8-,9-,10+,11?,12?/m1/s1. The molecular weight excluding hydrogens is 144 g/mol. The van der Waals surface area contributed by atoms with E-state index in [-0.39, 0.29) is 0 Å². The average molecular weight is 160 g/mol. The van der Waals surface area contributed by atoms with Gasteiger partial charge < -0.3 is 0 Å². The number of hydrogen-bond acceptors (Lipinski definition) is 0. The number of rotatable bonds is 0. The molecule has 0 heteroatoms. The Morgan fingerprint density at radius 3 is 1.42 bits per heavy atom. The van der Waals surface area contributed by atoms with Gasteiger partial charge in [-0.05, 0) is 59.2 Å². The molecule has 2 bridgehead atoms. The van der Waals surface area contributed by atoms with Gasteiger partial charge in [-0.2, -0.15) is 0 Å². The first-order chi connectivity index (χ1) is 5.72. The first-order valence-corrected chi connectivity index (χ1v) is 5.72. The summed E-state index contributed by atoms with van der Waals surface area (Å²) in [4.78, 5) is 0. The smallest absolute Gasteiger partial charge is 0.0198 e. The molecule has 0 nitrogen and oxygen atoms in total. The lowest BCUT2D eigenvalue weighted by molar-refractivity contribution is -0.560. The summed E-state index contributed by atoms with van der Waals surface area (Å²) < 4.78 is 0. The molecule has 6 rings (SSSR count). The van der Waals surface area contributed by atoms with Crippen LogP contribution in [0.2, 0.25) is 0 Å². The third kappa shape index (κ3) is 0.211. The fraction of sp³-hybridized carbons (Fsp3) is 1.00. The van der Waals surface area contributed by atoms with Crippen LogP contribution in [-0.4, -0.2) is 0 Å². The maximum Gasteiger partial charge on any atom is -0.0198 e. The molecule has 12 heavy (non-hydrogen) atoms. The van der Waals surface area contributed by atoms with E-state index >= 15 is 0 Å². The van der Waals surface area contributed by atoms with Gasteiger partial charge in [0.1, 0.15) is 0 Å². The summed E-state index contributed by atoms with van der Waals surface area (Å²) in [7, 11) is 0. The lowest BCUT2D eigenvalue weighted by Crippen LogP contribution is -2.99. The molecule has 0 radical (unpaired) electrons. The minimum absolute atomic E-state index is 0.879. The Bertz CT molecular complexity index is 264. The Morgan fingerprint density at radius 1 is 0.750 bits per heavy atom. The zero-order valence-corrected chi connectivity index (χ0v) is 7.88. The highest BCUT2D eigenvalue weighted by molar-refractivity contribution is 5.44. The van der Waals surface area contributed by atoms with Crippen LogP contribution in [-0.2, 0) is 0 Å². The van der Waals surface area contributed by atoms with Crippen molar-refractivity contribution in [2.45, 2.75) is 26.7 Å². The Morgan fingerprint density at radius 2 is 1.08 bits per heavy atom. The molecule has 6 saturated carbocycles. The van der Waals surface area contributed by atoms with E-state index in [1.54, 1.807) is 12.8 Å². The van der Waals surface area contributed by atoms with Crippen molar-refractivity contribution in [3.8, 4) is 0 Å². The summed E-state index contributed by atoms with van der Waals surface area (Å²) in [6.07, 6.45) is 3.22. The minimum atomic E-state index is 0.879. The maximum atomic E-state index is 2.60. The molecule has 6 fully saturated rings. The molecule has 0 aromatic carbocycles. The molecule has 0 spiro atoms. The molecule has 8 atom stereocenters. The highest BCUT2D eigenvalue weighted by atomic mass is 15.0. The van der Waals surface area contributed by atoms with Crippen LogP contribution < -0.4 is 0 Å². The Balaban J connectivity index is 1.80. The van der Waals surface area contributed by atoms with Gasteiger partial charge in [-0.1, -0.05) is 13.8 Å². The summed E-state index contributed by atoms with van der Waals surface area (Å²) in [5.74, 6) is 7.31. The molecular formula is C12H16. The molecule has 0 N–H and O–H groups in total. The second-order valence-corrected chi connectivity index (χ2v) is 6.57. The Kier molecular flexibility index (Phi) is 0.508. The zero-order valence-electron chi connectivity index (χ0n) is 7.88. The summed E-state index contributed by atoms with van der Waals surface area (Å²) >= 11 is 0. The lowest BCUT2D eigenvalue weighted by atomic mass is 9.01. The van der Waals surface area contributed by atoms with E-state index in [2.05, 4.69) is 13.8 Å². The van der Waals surface area contributed by atoms with E-state index in [9.17, 15) is 0 Å². The third-order valence-electron chi connectivity index (χ3n) is 7.38. The number of hydrogen-bond donors (Lipinski definition) is 0. The molecule has 0 aromatic heterocycles. The van der Waals surface area contributed by atoms with Gasteiger partial charge in [-0.25, -0.2) is 0 Å². The quantitative estimate of drug-likeness (QED) is 0.511. The van der Waals surface area contributed by atoms with Gasteiger partial charge in [-0.15, -0.1) is 0 Å². The molecule has 6 aliphatic carbocycles. The summed E-state index contributed by atoms with van der Waals surface area (Å²) in [6, 6.07) is 0. The van der Waals surface area contributed by atoms with Gasteiger partial charge in [0.05, 0.1) is 0 Å². The SMILES string of the molecule is CC12[C@@H]3C4CCC5[C@H]3C1(C)[C@@H]5[C@@H]42. The van der Waals surface area contributed by atoms with Gasteiger partial charge in [0.15, 0.2) is 0 Å². The van der Waals surface area contributed by atoms with Crippen molar-refractivity contribution in [1.29, 1.82) is 0 Å². The largest absolute Gasteiger partial charge is 0.0585 e. The van der Waals surface area contributed by atoms with Crippen LogP contribution >= 0.6 is 0 Å². The zero-order chi connectivity index (χ0) is 7.88. The van der Waals surface area contributed by atoms with E-state index in [0.717, 1.165) is 10.8 Å². The van der Waals surface area contributed by atoms with Gasteiger partial charge in [0.2, 0.25) is 0 Å². The molecule has 4 unspecified atom stereocenters. The third-order valence-corrected chi connectivity index (χ3v) is 7.38. The van der Waals surface area contributed by atoms with Crippen molar-refractivity contribution < 1.29 is 0 Å². The molecule has 6 aliphatic rings. The summed E-state index contributed by atoms with van der Waals surface area (Å²) in [5.41, 5.74) is 1.76. The van der Waals surface area contributed by atoms with Crippen LogP contribution in [0.3, 0.4) is 0 Å². The molecule has 64 valence electrons. The highest BCUT2D eigenvalue weighted by Gasteiger charge is 2.98. The van der Waals surface area contributed by atoms with Gasteiger partial charge >= 0.3 is 0 Å². The van der Waals surface area contributed by atoms with Crippen LogP contribution in [0.1, 0.15) is 26.7 Å². The van der Waals surface area contributed by atoms with Crippen LogP contribution in [0.4, 0.5) is 0 Å². The van der Waals surface area contributed by atoms with E-state index in [1.807, 2.05) is 0 Å². The molecule has 0 saturated heterocycles. The Labute approximate surface area is 73.7 Å². The molecule has 0 amide bonds. The predicted molar refractivity (Wildman–Crippen MR) is 46.4 cm³/mol. The van der Waals surface area contributed by atoms with Crippen molar-refractivity contribution in [2.75, 3.05) is 0 Å². The van der Waals surface area contributed by atoms with Gasteiger partial charge in [-0.3, -0.25) is 0 Å². The normalized spacial score (nSPS) is 90.5. The van der Waals surface area contributed by atoms with E-state index in [4.69, 9.17) is 0 Å². The molecule has 0 aromatic rings. The topological polar surface area (TPSA) is 0 Å². The lowest BCUT2D eigenvalue weighted by Gasteiger charge is -3.03. The fourth-order valence-corrected chi connectivity index (χ4v) is 7.34. The summed E-state index contributed by atoms with van der Waals surface area (Å²) in [6.45, 7) is 5.21. The second kappa shape index (κ2) is 1.07.